The number of carboxylic acid groups (broad SMARTS) is 1. The van der Waals surface area contributed by atoms with Gasteiger partial charge in [0.15, 0.2) is 16.7 Å². The van der Waals surface area contributed by atoms with Gasteiger partial charge in [-0.3, -0.25) is 9.59 Å². The molecule has 1 fully saturated rings. The number of thioether (sulfide) groups is 1. The summed E-state index contributed by atoms with van der Waals surface area (Å²) < 4.78 is 16.8. The molecule has 0 radical (unpaired) electrons. The van der Waals surface area contributed by atoms with Gasteiger partial charge in [-0.15, -0.1) is 5.10 Å². The lowest BCUT2D eigenvalue weighted by molar-refractivity contribution is -0.138. The van der Waals surface area contributed by atoms with E-state index in [9.17, 15) is 9.59 Å². The van der Waals surface area contributed by atoms with Crippen molar-refractivity contribution < 1.29 is 28.9 Å². The Kier molecular flexibility index (Phi) is 8.09. The summed E-state index contributed by atoms with van der Waals surface area (Å²) in [6, 6.07) is 13.0. The van der Waals surface area contributed by atoms with E-state index in [1.54, 1.807) is 25.3 Å². The molecule has 1 atom stereocenters. The third-order valence-electron chi connectivity index (χ3n) is 4.29. The predicted molar refractivity (Wildman–Crippen MR) is 122 cm³/mol. The normalized spacial score (nSPS) is 16.9. The minimum Gasteiger partial charge on any atom is -0.497 e. The van der Waals surface area contributed by atoms with Crippen molar-refractivity contribution in [1.29, 1.82) is 0 Å². The molecule has 1 aliphatic rings. The van der Waals surface area contributed by atoms with Gasteiger partial charge in [0.25, 0.3) is 0 Å². The van der Waals surface area contributed by atoms with E-state index < -0.39 is 11.2 Å². The number of ether oxygens (including phenoxy) is 3. The Morgan fingerprint density at radius 1 is 1.22 bits per heavy atom. The van der Waals surface area contributed by atoms with Crippen LogP contribution in [0, 0.1) is 0 Å². The zero-order valence-electron chi connectivity index (χ0n) is 17.6. The van der Waals surface area contributed by atoms with Gasteiger partial charge in [0.1, 0.15) is 17.6 Å². The maximum Gasteiger partial charge on any atom is 0.305 e. The Labute approximate surface area is 189 Å². The van der Waals surface area contributed by atoms with Gasteiger partial charge >= 0.3 is 5.97 Å². The highest BCUT2D eigenvalue weighted by Gasteiger charge is 2.32. The summed E-state index contributed by atoms with van der Waals surface area (Å²) >= 11 is 1.04. The number of amides is 1. The predicted octanol–water partition coefficient (Wildman–Crippen LogP) is 3.07. The summed E-state index contributed by atoms with van der Waals surface area (Å²) in [4.78, 5) is 22.5. The van der Waals surface area contributed by atoms with E-state index in [4.69, 9.17) is 19.3 Å². The molecule has 10 heteroatoms. The van der Waals surface area contributed by atoms with E-state index in [0.29, 0.717) is 24.7 Å². The van der Waals surface area contributed by atoms with E-state index in [2.05, 4.69) is 15.5 Å². The number of hydrogen-bond acceptors (Lipinski definition) is 8. The Bertz CT molecular complexity index is 1040. The van der Waals surface area contributed by atoms with Gasteiger partial charge < -0.3 is 24.6 Å². The summed E-state index contributed by atoms with van der Waals surface area (Å²) in [7, 11) is 1.62. The third-order valence-corrected chi connectivity index (χ3v) is 5.36. The van der Waals surface area contributed by atoms with Crippen LogP contribution in [0.15, 0.2) is 52.7 Å². The van der Waals surface area contributed by atoms with Crippen molar-refractivity contribution in [3.8, 4) is 17.2 Å². The summed E-state index contributed by atoms with van der Waals surface area (Å²) in [5.41, 5.74) is 1.69. The summed E-state index contributed by atoms with van der Waals surface area (Å²) in [6.45, 7) is 2.70. The fraction of sp³-hybridized carbons (Fsp3) is 0.273. The van der Waals surface area contributed by atoms with E-state index in [1.807, 2.05) is 31.2 Å². The highest BCUT2D eigenvalue weighted by atomic mass is 32.2. The van der Waals surface area contributed by atoms with Crippen molar-refractivity contribution in [2.45, 2.75) is 25.2 Å². The van der Waals surface area contributed by atoms with Crippen molar-refractivity contribution in [3.05, 3.63) is 53.6 Å². The number of methoxy groups -OCH3 is 1. The van der Waals surface area contributed by atoms with Crippen molar-refractivity contribution >= 4 is 35.0 Å². The fourth-order valence-corrected chi connectivity index (χ4v) is 3.72. The molecule has 1 heterocycles. The number of nitrogens with one attached hydrogen (secondary N) is 1. The van der Waals surface area contributed by atoms with Crippen LogP contribution >= 0.6 is 11.8 Å². The van der Waals surface area contributed by atoms with Gasteiger partial charge in [0.2, 0.25) is 5.91 Å². The molecular weight excluding hydrogens is 434 g/mol. The number of amidine groups is 1. The zero-order valence-corrected chi connectivity index (χ0v) is 18.4. The molecule has 168 valence electrons. The number of hydrogen-bond donors (Lipinski definition) is 2. The number of aliphatic carboxylic acids is 1. The van der Waals surface area contributed by atoms with E-state index in [-0.39, 0.29) is 17.5 Å². The molecule has 3 rings (SSSR count). The quantitative estimate of drug-likeness (QED) is 0.416. The standard InChI is InChI=1S/C22H23N3O6S/c1-3-30-18-10-14(12-23-25-22-24-21(28)19(32-22)11-20(26)27)7-8-17(18)31-13-15-5-4-6-16(9-15)29-2/h4-10,12,19H,3,11,13H2,1-2H3,(H,26,27)(H,24,25,28). The number of benzene rings is 2. The minimum absolute atomic E-state index is 0.265. The van der Waals surface area contributed by atoms with Crippen LogP contribution in [0.3, 0.4) is 0 Å². The largest absolute Gasteiger partial charge is 0.497 e. The molecule has 1 unspecified atom stereocenters. The SMILES string of the molecule is CCOc1cc(C=NN=C2NC(=O)C(CC(=O)O)S2)ccc1OCc1cccc(OC)c1. The van der Waals surface area contributed by atoms with Crippen molar-refractivity contribution in [1.82, 2.24) is 5.32 Å². The van der Waals surface area contributed by atoms with Crippen molar-refractivity contribution in [2.75, 3.05) is 13.7 Å². The summed E-state index contributed by atoms with van der Waals surface area (Å²) in [5, 5.41) is 18.9. The summed E-state index contributed by atoms with van der Waals surface area (Å²) in [5.74, 6) is 0.489. The number of carbonyl (C=O) groups is 2. The molecule has 2 aromatic carbocycles. The molecule has 0 aromatic heterocycles. The van der Waals surface area contributed by atoms with E-state index in [1.165, 1.54) is 6.21 Å². The Morgan fingerprint density at radius 3 is 2.81 bits per heavy atom. The van der Waals surface area contributed by atoms with Crippen molar-refractivity contribution in [3.63, 3.8) is 0 Å². The van der Waals surface area contributed by atoms with Crippen LogP contribution in [-0.2, 0) is 16.2 Å². The maximum atomic E-state index is 11.7. The first kappa shape index (κ1) is 23.1. The average Bonchev–Trinajstić information content (AvgIpc) is 3.11. The molecule has 1 saturated heterocycles. The lowest BCUT2D eigenvalue weighted by Gasteiger charge is -2.13. The molecule has 9 nitrogen and oxygen atoms in total. The zero-order chi connectivity index (χ0) is 22.9. The summed E-state index contributed by atoms with van der Waals surface area (Å²) in [6.07, 6.45) is 1.24. The van der Waals surface area contributed by atoms with Gasteiger partial charge in [-0.25, -0.2) is 0 Å². The van der Waals surface area contributed by atoms with Crippen molar-refractivity contribution in [2.24, 2.45) is 10.2 Å². The lowest BCUT2D eigenvalue weighted by atomic mass is 10.2. The molecule has 1 aliphatic heterocycles. The highest BCUT2D eigenvalue weighted by molar-refractivity contribution is 8.15. The third kappa shape index (κ3) is 6.48. The van der Waals surface area contributed by atoms with Gasteiger partial charge in [0, 0.05) is 0 Å². The van der Waals surface area contributed by atoms with E-state index >= 15 is 0 Å². The van der Waals surface area contributed by atoms with Crippen LogP contribution in [0.1, 0.15) is 24.5 Å². The van der Waals surface area contributed by atoms with Crippen LogP contribution in [0.25, 0.3) is 0 Å². The molecule has 32 heavy (non-hydrogen) atoms. The average molecular weight is 458 g/mol. The smallest absolute Gasteiger partial charge is 0.305 e. The topological polar surface area (TPSA) is 119 Å². The number of carbonyl (C=O) groups excluding carboxylic acids is 1. The number of carboxylic acids is 1. The lowest BCUT2D eigenvalue weighted by Crippen LogP contribution is -2.26. The molecular formula is C22H23N3O6S. The number of nitrogens with zero attached hydrogens (tertiary/aromatic N) is 2. The molecule has 0 aliphatic carbocycles. The van der Waals surface area contributed by atoms with Crippen LogP contribution in [0.4, 0.5) is 0 Å². The van der Waals surface area contributed by atoms with Crippen LogP contribution < -0.4 is 19.5 Å². The van der Waals surface area contributed by atoms with Crippen LogP contribution in [0.5, 0.6) is 17.2 Å². The fourth-order valence-electron chi connectivity index (χ4n) is 2.81. The van der Waals surface area contributed by atoms with Crippen LogP contribution in [0.2, 0.25) is 0 Å². The monoisotopic (exact) mass is 457 g/mol. The number of rotatable bonds is 10. The molecule has 0 spiro atoms. The van der Waals surface area contributed by atoms with Gasteiger partial charge in [-0.2, -0.15) is 5.10 Å². The van der Waals surface area contributed by atoms with Gasteiger partial charge in [-0.05, 0) is 48.4 Å². The molecule has 0 bridgehead atoms. The second-order valence-corrected chi connectivity index (χ2v) is 7.81. The first-order valence-corrected chi connectivity index (χ1v) is 10.7. The van der Waals surface area contributed by atoms with Crippen LogP contribution in [-0.4, -0.2) is 47.3 Å². The first-order chi connectivity index (χ1) is 15.5. The maximum absolute atomic E-state index is 11.7. The molecule has 2 aromatic rings. The molecule has 2 N–H and O–H groups in total. The highest BCUT2D eigenvalue weighted by Crippen LogP contribution is 2.29. The van der Waals surface area contributed by atoms with Gasteiger partial charge in [-0.1, -0.05) is 23.9 Å². The molecule has 1 amide bonds. The second-order valence-electron chi connectivity index (χ2n) is 6.62. The van der Waals surface area contributed by atoms with E-state index in [0.717, 1.165) is 28.6 Å². The first-order valence-electron chi connectivity index (χ1n) is 9.81. The minimum atomic E-state index is -1.04. The Morgan fingerprint density at radius 2 is 2.06 bits per heavy atom. The molecule has 0 saturated carbocycles. The Hall–Kier alpha value is -3.53. The van der Waals surface area contributed by atoms with Gasteiger partial charge in [0.05, 0.1) is 26.4 Å². The second kappa shape index (κ2) is 11.2. The Balaban J connectivity index is 1.66.